The molecule has 1 atom stereocenters. The van der Waals surface area contributed by atoms with Crippen LogP contribution in [0, 0.1) is 26.7 Å². The average molecular weight is 278 g/mol. The van der Waals surface area contributed by atoms with Crippen LogP contribution in [0.2, 0.25) is 0 Å². The molecule has 0 radical (unpaired) electrons. The molecule has 1 rings (SSSR count). The van der Waals surface area contributed by atoms with Crippen LogP contribution < -0.4 is 15.8 Å². The van der Waals surface area contributed by atoms with E-state index in [-0.39, 0.29) is 5.91 Å². The monoisotopic (exact) mass is 278 g/mol. The van der Waals surface area contributed by atoms with Crippen LogP contribution in [0.15, 0.2) is 12.1 Å². The Kier molecular flexibility index (Phi) is 6.52. The van der Waals surface area contributed by atoms with Crippen LogP contribution in [0.5, 0.6) is 5.75 Å². The second-order valence-corrected chi connectivity index (χ2v) is 5.45. The van der Waals surface area contributed by atoms with Crippen LogP contribution in [-0.4, -0.2) is 25.6 Å². The first-order valence-corrected chi connectivity index (χ1v) is 7.11. The number of amides is 1. The lowest BCUT2D eigenvalue weighted by molar-refractivity contribution is -0.121. The Morgan fingerprint density at radius 2 is 2.05 bits per heavy atom. The smallest absolute Gasteiger partial charge is 0.223 e. The largest absolute Gasteiger partial charge is 0.493 e. The second kappa shape index (κ2) is 7.90. The zero-order chi connectivity index (χ0) is 15.1. The molecule has 3 N–H and O–H groups in total. The fourth-order valence-electron chi connectivity index (χ4n) is 1.86. The quantitative estimate of drug-likeness (QED) is 0.802. The molecule has 0 aliphatic heterocycles. The molecule has 1 aromatic rings. The van der Waals surface area contributed by atoms with E-state index >= 15 is 0 Å². The lowest BCUT2D eigenvalue weighted by Gasteiger charge is -2.13. The van der Waals surface area contributed by atoms with E-state index in [1.54, 1.807) is 0 Å². The minimum absolute atomic E-state index is 0.00679. The number of carbonyl (C=O) groups is 1. The van der Waals surface area contributed by atoms with Crippen LogP contribution in [0.3, 0.4) is 0 Å². The van der Waals surface area contributed by atoms with Crippen molar-refractivity contribution < 1.29 is 9.53 Å². The van der Waals surface area contributed by atoms with Gasteiger partial charge in [-0.05, 0) is 56.0 Å². The molecule has 1 amide bonds. The van der Waals surface area contributed by atoms with Crippen LogP contribution in [0.25, 0.3) is 0 Å². The number of aryl methyl sites for hydroxylation is 2. The minimum Gasteiger partial charge on any atom is -0.493 e. The fourth-order valence-corrected chi connectivity index (χ4v) is 1.86. The van der Waals surface area contributed by atoms with Gasteiger partial charge in [0.1, 0.15) is 5.75 Å². The number of carbonyl (C=O) groups excluding carboxylic acids is 1. The SMILES string of the molecule is Cc1cc(C)c(C)c(OCCC(=O)NCC(C)CN)c1. The van der Waals surface area contributed by atoms with Gasteiger partial charge in [0.15, 0.2) is 0 Å². The summed E-state index contributed by atoms with van der Waals surface area (Å²) < 4.78 is 5.72. The van der Waals surface area contributed by atoms with Crippen molar-refractivity contribution in [1.29, 1.82) is 0 Å². The summed E-state index contributed by atoms with van der Waals surface area (Å²) in [5, 5.41) is 2.86. The summed E-state index contributed by atoms with van der Waals surface area (Å²) >= 11 is 0. The van der Waals surface area contributed by atoms with E-state index < -0.39 is 0 Å². The summed E-state index contributed by atoms with van der Waals surface area (Å²) in [5.41, 5.74) is 9.02. The van der Waals surface area contributed by atoms with Gasteiger partial charge in [-0.3, -0.25) is 4.79 Å². The Morgan fingerprint density at radius 3 is 2.70 bits per heavy atom. The molecular weight excluding hydrogens is 252 g/mol. The van der Waals surface area contributed by atoms with Gasteiger partial charge < -0.3 is 15.8 Å². The standard InChI is InChI=1S/C16H26N2O2/c1-11-7-13(3)14(4)15(8-11)20-6-5-16(19)18-10-12(2)9-17/h7-8,12H,5-6,9-10,17H2,1-4H3,(H,18,19). The van der Waals surface area contributed by atoms with Crippen LogP contribution in [-0.2, 0) is 4.79 Å². The van der Waals surface area contributed by atoms with E-state index in [1.165, 1.54) is 11.1 Å². The molecule has 0 saturated carbocycles. The zero-order valence-electron chi connectivity index (χ0n) is 13.0. The first kappa shape index (κ1) is 16.5. The Bertz CT molecular complexity index is 458. The third kappa shape index (κ3) is 5.21. The molecule has 4 heteroatoms. The van der Waals surface area contributed by atoms with E-state index in [9.17, 15) is 4.79 Å². The number of nitrogens with one attached hydrogen (secondary N) is 1. The van der Waals surface area contributed by atoms with Gasteiger partial charge in [-0.2, -0.15) is 0 Å². The molecule has 0 spiro atoms. The lowest BCUT2D eigenvalue weighted by atomic mass is 10.1. The highest BCUT2D eigenvalue weighted by atomic mass is 16.5. The molecule has 4 nitrogen and oxygen atoms in total. The predicted octanol–water partition coefficient (Wildman–Crippen LogP) is 2.09. The topological polar surface area (TPSA) is 64.3 Å². The van der Waals surface area contributed by atoms with Gasteiger partial charge in [0, 0.05) is 6.54 Å². The summed E-state index contributed by atoms with van der Waals surface area (Å²) in [6, 6.07) is 4.14. The Labute approximate surface area is 121 Å². The minimum atomic E-state index is 0.00679. The molecule has 112 valence electrons. The first-order chi connectivity index (χ1) is 9.43. The van der Waals surface area contributed by atoms with Crippen molar-refractivity contribution in [3.63, 3.8) is 0 Å². The van der Waals surface area contributed by atoms with Crippen LogP contribution in [0.1, 0.15) is 30.0 Å². The molecule has 1 aromatic carbocycles. The maximum atomic E-state index is 11.6. The van der Waals surface area contributed by atoms with Gasteiger partial charge in [-0.1, -0.05) is 13.0 Å². The molecule has 1 unspecified atom stereocenters. The van der Waals surface area contributed by atoms with Gasteiger partial charge in [0.2, 0.25) is 5.91 Å². The van der Waals surface area contributed by atoms with E-state index in [1.807, 2.05) is 26.8 Å². The van der Waals surface area contributed by atoms with Gasteiger partial charge in [0.05, 0.1) is 13.0 Å². The maximum Gasteiger partial charge on any atom is 0.223 e. The maximum absolute atomic E-state index is 11.6. The highest BCUT2D eigenvalue weighted by molar-refractivity contribution is 5.75. The number of rotatable bonds is 7. The summed E-state index contributed by atoms with van der Waals surface area (Å²) in [6.45, 7) is 9.75. The predicted molar refractivity (Wildman–Crippen MR) is 82.0 cm³/mol. The fraction of sp³-hybridized carbons (Fsp3) is 0.562. The highest BCUT2D eigenvalue weighted by Gasteiger charge is 2.07. The van der Waals surface area contributed by atoms with Crippen molar-refractivity contribution in [2.24, 2.45) is 11.7 Å². The molecule has 0 fully saturated rings. The molecule has 0 aliphatic rings. The normalized spacial score (nSPS) is 12.1. The van der Waals surface area contributed by atoms with Gasteiger partial charge in [0.25, 0.3) is 0 Å². The van der Waals surface area contributed by atoms with Crippen molar-refractivity contribution in [2.75, 3.05) is 19.7 Å². The number of ether oxygens (including phenoxy) is 1. The molecular formula is C16H26N2O2. The second-order valence-electron chi connectivity index (χ2n) is 5.45. The van der Waals surface area contributed by atoms with E-state index in [2.05, 4.69) is 18.3 Å². The van der Waals surface area contributed by atoms with Crippen LogP contribution >= 0.6 is 0 Å². The lowest BCUT2D eigenvalue weighted by Crippen LogP contribution is -2.32. The van der Waals surface area contributed by atoms with E-state index in [0.717, 1.165) is 11.3 Å². The number of hydrogen-bond acceptors (Lipinski definition) is 3. The number of benzene rings is 1. The summed E-state index contributed by atoms with van der Waals surface area (Å²) in [6.07, 6.45) is 0.365. The first-order valence-electron chi connectivity index (χ1n) is 7.11. The Balaban J connectivity index is 2.39. The van der Waals surface area contributed by atoms with E-state index in [4.69, 9.17) is 10.5 Å². The molecule has 0 aliphatic carbocycles. The molecule has 20 heavy (non-hydrogen) atoms. The molecule has 0 bridgehead atoms. The van der Waals surface area contributed by atoms with E-state index in [0.29, 0.717) is 32.0 Å². The van der Waals surface area contributed by atoms with Gasteiger partial charge in [-0.25, -0.2) is 0 Å². The van der Waals surface area contributed by atoms with Gasteiger partial charge in [-0.15, -0.1) is 0 Å². The molecule has 0 heterocycles. The van der Waals surface area contributed by atoms with Crippen molar-refractivity contribution in [3.8, 4) is 5.75 Å². The van der Waals surface area contributed by atoms with Gasteiger partial charge >= 0.3 is 0 Å². The molecule has 0 saturated heterocycles. The summed E-state index contributed by atoms with van der Waals surface area (Å²) in [5.74, 6) is 1.18. The van der Waals surface area contributed by atoms with Crippen molar-refractivity contribution in [2.45, 2.75) is 34.1 Å². The van der Waals surface area contributed by atoms with Crippen molar-refractivity contribution in [1.82, 2.24) is 5.32 Å². The van der Waals surface area contributed by atoms with Crippen molar-refractivity contribution >= 4 is 5.91 Å². The Morgan fingerprint density at radius 1 is 1.35 bits per heavy atom. The number of nitrogens with two attached hydrogens (primary N) is 1. The zero-order valence-corrected chi connectivity index (χ0v) is 13.0. The van der Waals surface area contributed by atoms with Crippen LogP contribution in [0.4, 0.5) is 0 Å². The third-order valence-electron chi connectivity index (χ3n) is 3.40. The summed E-state index contributed by atoms with van der Waals surface area (Å²) in [7, 11) is 0. The molecule has 0 aromatic heterocycles. The highest BCUT2D eigenvalue weighted by Crippen LogP contribution is 2.23. The third-order valence-corrected chi connectivity index (χ3v) is 3.40. The number of hydrogen-bond donors (Lipinski definition) is 2. The summed E-state index contributed by atoms with van der Waals surface area (Å²) in [4.78, 5) is 11.6. The Hall–Kier alpha value is -1.55. The average Bonchev–Trinajstić information content (AvgIpc) is 2.41. The van der Waals surface area contributed by atoms with Crippen molar-refractivity contribution in [3.05, 3.63) is 28.8 Å².